The molecule has 1 saturated heterocycles. The molecule has 2 aliphatic heterocycles. The number of nitrogens with one attached hydrogen (secondary N) is 1. The molecule has 0 amide bonds. The van der Waals surface area contributed by atoms with E-state index in [1.807, 2.05) is 24.3 Å². The van der Waals surface area contributed by atoms with Gasteiger partial charge in [0.2, 0.25) is 0 Å². The molecular formula is C16H17ClN6O2S. The highest BCUT2D eigenvalue weighted by Crippen LogP contribution is 2.41. The Balaban J connectivity index is 1.47. The fourth-order valence-electron chi connectivity index (χ4n) is 3.20. The summed E-state index contributed by atoms with van der Waals surface area (Å²) >= 11 is 7.55. The van der Waals surface area contributed by atoms with Crippen molar-refractivity contribution in [2.24, 2.45) is 10.2 Å². The van der Waals surface area contributed by atoms with Gasteiger partial charge in [0.15, 0.2) is 11.5 Å². The monoisotopic (exact) mass is 392 g/mol. The summed E-state index contributed by atoms with van der Waals surface area (Å²) in [6.45, 7) is 0. The van der Waals surface area contributed by atoms with E-state index in [2.05, 4.69) is 25.5 Å². The number of aliphatic hydroxyl groups is 2. The van der Waals surface area contributed by atoms with Crippen molar-refractivity contribution in [3.63, 3.8) is 0 Å². The summed E-state index contributed by atoms with van der Waals surface area (Å²) in [5.41, 5.74) is 6.78. The molecule has 2 aromatic rings. The Hall–Kier alpha value is -1.78. The van der Waals surface area contributed by atoms with Gasteiger partial charge in [-0.3, -0.25) is 0 Å². The zero-order chi connectivity index (χ0) is 18.3. The number of azo groups is 1. The molecule has 8 nitrogen and oxygen atoms in total. The maximum atomic E-state index is 10.5. The fraction of sp³-hybridized carbons (Fsp3) is 0.375. The Bertz CT molecular complexity index is 853. The summed E-state index contributed by atoms with van der Waals surface area (Å²) in [6, 6.07) is 6.17. The normalized spacial score (nSPS) is 29.9. The quantitative estimate of drug-likeness (QED) is 0.583. The van der Waals surface area contributed by atoms with Gasteiger partial charge in [0.1, 0.15) is 18.1 Å². The molecule has 0 aliphatic carbocycles. The summed E-state index contributed by atoms with van der Waals surface area (Å²) < 4.78 is 0. The first-order valence-corrected chi connectivity index (χ1v) is 9.42. The van der Waals surface area contributed by atoms with Crippen molar-refractivity contribution in [2.75, 3.05) is 11.5 Å². The average molecular weight is 393 g/mol. The molecule has 0 bridgehead atoms. The summed E-state index contributed by atoms with van der Waals surface area (Å²) in [7, 11) is 0. The largest absolute Gasteiger partial charge is 0.389 e. The summed E-state index contributed by atoms with van der Waals surface area (Å²) in [6.07, 6.45) is -0.571. The predicted molar refractivity (Wildman–Crippen MR) is 98.6 cm³/mol. The number of hydrogen-bond donors (Lipinski definition) is 4. The zero-order valence-electron chi connectivity index (χ0n) is 13.5. The van der Waals surface area contributed by atoms with Crippen molar-refractivity contribution in [3.8, 4) is 0 Å². The van der Waals surface area contributed by atoms with Gasteiger partial charge in [-0.2, -0.15) is 5.11 Å². The molecule has 0 saturated carbocycles. The average Bonchev–Trinajstić information content (AvgIpc) is 3.17. The Kier molecular flexibility index (Phi) is 4.80. The van der Waals surface area contributed by atoms with Crippen LogP contribution in [0.4, 0.5) is 11.5 Å². The second-order valence-electron chi connectivity index (χ2n) is 6.20. The zero-order valence-corrected chi connectivity index (χ0v) is 15.1. The third-order valence-electron chi connectivity index (χ3n) is 4.54. The molecular weight excluding hydrogens is 376 g/mol. The van der Waals surface area contributed by atoms with Gasteiger partial charge in [-0.15, -0.1) is 16.9 Å². The molecule has 1 unspecified atom stereocenters. The van der Waals surface area contributed by atoms with Crippen molar-refractivity contribution in [1.82, 2.24) is 15.3 Å². The lowest BCUT2D eigenvalue weighted by Crippen LogP contribution is -2.38. The molecule has 5 atom stereocenters. The first-order valence-electron chi connectivity index (χ1n) is 8.06. The third kappa shape index (κ3) is 3.17. The number of fused-ring (bicyclic) bond motifs is 1. The van der Waals surface area contributed by atoms with E-state index < -0.39 is 24.3 Å². The van der Waals surface area contributed by atoms with E-state index >= 15 is 0 Å². The van der Waals surface area contributed by atoms with Crippen LogP contribution >= 0.6 is 23.4 Å². The van der Waals surface area contributed by atoms with Crippen LogP contribution in [0.1, 0.15) is 11.7 Å². The number of aliphatic hydroxyl groups excluding tert-OH is 2. The number of thioether (sulfide) groups is 1. The molecule has 1 aromatic carbocycles. The van der Waals surface area contributed by atoms with Crippen LogP contribution in [0.15, 0.2) is 45.7 Å². The third-order valence-corrected chi connectivity index (χ3v) is 5.89. The Morgan fingerprint density at radius 2 is 2.08 bits per heavy atom. The van der Waals surface area contributed by atoms with Crippen LogP contribution in [-0.2, 0) is 0 Å². The number of rotatable bonds is 4. The number of aromatic nitrogens is 2. The standard InChI is InChI=1S/C16H17ClN6O2S/c17-7-2-1-3-8(4-7)26-5-9-14(24)15(25)12(21-9)11-10-13(23-22-11)16(18)20-6-19-10/h1-4,6,9,11-12,14-15,21,24-25H,5H2,(H2,18,19,20)/t9-,11?,12+,14-,15+/m0/s1. The minimum atomic E-state index is -0.994. The molecule has 0 radical (unpaired) electrons. The van der Waals surface area contributed by atoms with Crippen LogP contribution in [0.5, 0.6) is 0 Å². The van der Waals surface area contributed by atoms with E-state index in [0.29, 0.717) is 22.2 Å². The molecule has 5 N–H and O–H groups in total. The van der Waals surface area contributed by atoms with Crippen LogP contribution in [0.25, 0.3) is 0 Å². The number of halogens is 1. The van der Waals surface area contributed by atoms with Crippen molar-refractivity contribution in [1.29, 1.82) is 0 Å². The highest BCUT2D eigenvalue weighted by Gasteiger charge is 2.47. The van der Waals surface area contributed by atoms with Crippen LogP contribution < -0.4 is 11.1 Å². The number of benzene rings is 1. The van der Waals surface area contributed by atoms with E-state index in [9.17, 15) is 10.2 Å². The predicted octanol–water partition coefficient (Wildman–Crippen LogP) is 1.71. The van der Waals surface area contributed by atoms with Gasteiger partial charge >= 0.3 is 0 Å². The smallest absolute Gasteiger partial charge is 0.155 e. The Morgan fingerprint density at radius 1 is 1.23 bits per heavy atom. The summed E-state index contributed by atoms with van der Waals surface area (Å²) in [4.78, 5) is 9.10. The van der Waals surface area contributed by atoms with Crippen LogP contribution in [0.2, 0.25) is 5.02 Å². The molecule has 0 spiro atoms. The molecule has 3 heterocycles. The van der Waals surface area contributed by atoms with Gasteiger partial charge in [0.05, 0.1) is 18.2 Å². The van der Waals surface area contributed by atoms with E-state index in [1.165, 1.54) is 6.33 Å². The number of hydrogen-bond acceptors (Lipinski definition) is 9. The van der Waals surface area contributed by atoms with E-state index in [1.54, 1.807) is 11.8 Å². The van der Waals surface area contributed by atoms with Crippen molar-refractivity contribution < 1.29 is 10.2 Å². The van der Waals surface area contributed by atoms with E-state index in [-0.39, 0.29) is 11.9 Å². The maximum Gasteiger partial charge on any atom is 0.155 e. The topological polar surface area (TPSA) is 129 Å². The van der Waals surface area contributed by atoms with Gasteiger partial charge in [-0.05, 0) is 18.2 Å². The van der Waals surface area contributed by atoms with E-state index in [4.69, 9.17) is 17.3 Å². The Morgan fingerprint density at radius 3 is 2.88 bits per heavy atom. The first-order chi connectivity index (χ1) is 12.5. The fourth-order valence-corrected chi connectivity index (χ4v) is 4.51. The minimum Gasteiger partial charge on any atom is -0.389 e. The minimum absolute atomic E-state index is 0.252. The second kappa shape index (κ2) is 7.09. The highest BCUT2D eigenvalue weighted by molar-refractivity contribution is 7.99. The number of nitrogens with two attached hydrogens (primary N) is 1. The lowest BCUT2D eigenvalue weighted by atomic mass is 9.99. The molecule has 10 heteroatoms. The highest BCUT2D eigenvalue weighted by atomic mass is 35.5. The molecule has 2 aliphatic rings. The number of nitrogens with zero attached hydrogens (tertiary/aromatic N) is 4. The second-order valence-corrected chi connectivity index (χ2v) is 7.73. The van der Waals surface area contributed by atoms with Crippen LogP contribution in [-0.4, -0.2) is 50.2 Å². The number of nitrogen functional groups attached to an aromatic ring is 1. The SMILES string of the molecule is Nc1ncnc2c1N=NC2[C@H]1N[C@@H](CSc2cccc(Cl)c2)[C@H](O)[C@@H]1O. The molecule has 136 valence electrons. The molecule has 26 heavy (non-hydrogen) atoms. The van der Waals surface area contributed by atoms with E-state index in [0.717, 1.165) is 4.90 Å². The van der Waals surface area contributed by atoms with Crippen molar-refractivity contribution in [2.45, 2.75) is 35.2 Å². The molecule has 1 fully saturated rings. The summed E-state index contributed by atoms with van der Waals surface area (Å²) in [5.74, 6) is 0.819. The van der Waals surface area contributed by atoms with Gasteiger partial charge < -0.3 is 21.3 Å². The van der Waals surface area contributed by atoms with Crippen LogP contribution in [0, 0.1) is 0 Å². The Labute approximate surface area is 158 Å². The van der Waals surface area contributed by atoms with Crippen molar-refractivity contribution >= 4 is 34.9 Å². The van der Waals surface area contributed by atoms with Gasteiger partial charge in [0, 0.05) is 21.7 Å². The van der Waals surface area contributed by atoms with Crippen LogP contribution in [0.3, 0.4) is 0 Å². The molecule has 4 rings (SSSR count). The lowest BCUT2D eigenvalue weighted by molar-refractivity contribution is 0.0271. The first kappa shape index (κ1) is 17.6. The maximum absolute atomic E-state index is 10.5. The number of anilines is 1. The summed E-state index contributed by atoms with van der Waals surface area (Å²) in [5, 5.41) is 33.1. The van der Waals surface area contributed by atoms with Crippen molar-refractivity contribution in [3.05, 3.63) is 41.3 Å². The molecule has 1 aromatic heterocycles. The van der Waals surface area contributed by atoms with Gasteiger partial charge in [0.25, 0.3) is 0 Å². The van der Waals surface area contributed by atoms with Gasteiger partial charge in [-0.1, -0.05) is 17.7 Å². The van der Waals surface area contributed by atoms with Gasteiger partial charge in [-0.25, -0.2) is 9.97 Å². The lowest BCUT2D eigenvalue weighted by Gasteiger charge is -2.19.